The molecule has 26 heavy (non-hydrogen) atoms. The van der Waals surface area contributed by atoms with Gasteiger partial charge in [0.15, 0.2) is 0 Å². The highest BCUT2D eigenvalue weighted by atomic mass is 16.5. The van der Waals surface area contributed by atoms with Gasteiger partial charge in [0.05, 0.1) is 17.8 Å². The summed E-state index contributed by atoms with van der Waals surface area (Å²) in [6.07, 6.45) is 5.05. The largest absolute Gasteiger partial charge is 0.487 e. The Morgan fingerprint density at radius 2 is 1.73 bits per heavy atom. The number of fused-ring (bicyclic) bond motifs is 1. The predicted molar refractivity (Wildman–Crippen MR) is 104 cm³/mol. The molecule has 0 bridgehead atoms. The van der Waals surface area contributed by atoms with Crippen molar-refractivity contribution in [1.29, 1.82) is 0 Å². The van der Waals surface area contributed by atoms with Gasteiger partial charge >= 0.3 is 0 Å². The fourth-order valence-electron chi connectivity index (χ4n) is 4.04. The number of hydrogen-bond acceptors (Lipinski definition) is 3. The quantitative estimate of drug-likeness (QED) is 0.676. The third-order valence-electron chi connectivity index (χ3n) is 5.52. The summed E-state index contributed by atoms with van der Waals surface area (Å²) in [5.74, 6) is 1.72. The molecule has 1 atom stereocenters. The van der Waals surface area contributed by atoms with Crippen molar-refractivity contribution in [3.8, 4) is 5.75 Å². The third-order valence-corrected chi connectivity index (χ3v) is 5.52. The Hall–Kier alpha value is -2.39. The molecular formula is C23H25NO2. The van der Waals surface area contributed by atoms with Crippen LogP contribution in [0.3, 0.4) is 0 Å². The van der Waals surface area contributed by atoms with E-state index in [2.05, 4.69) is 29.2 Å². The molecule has 134 valence electrons. The van der Waals surface area contributed by atoms with Crippen molar-refractivity contribution < 1.29 is 9.84 Å². The molecule has 1 unspecified atom stereocenters. The number of pyridine rings is 1. The van der Waals surface area contributed by atoms with Gasteiger partial charge in [-0.1, -0.05) is 49.2 Å². The maximum Gasteiger partial charge on any atom is 0.130 e. The van der Waals surface area contributed by atoms with E-state index in [1.165, 1.54) is 31.2 Å². The Bertz CT molecular complexity index is 853. The molecule has 1 aliphatic rings. The minimum atomic E-state index is 0.228. The molecule has 1 aromatic heterocycles. The summed E-state index contributed by atoms with van der Waals surface area (Å²) in [6.45, 7) is 0.683. The standard InChI is InChI=1S/C23H25NO2/c25-15-22(17-5-1-2-6-17)18-10-13-21(14-11-18)26-16-20-12-9-19-7-3-4-8-23(19)24-20/h3-4,7-14,17,22,25H,1-2,5-6,15-16H2. The molecule has 0 amide bonds. The van der Waals surface area contributed by atoms with Crippen molar-refractivity contribution in [2.45, 2.75) is 38.2 Å². The van der Waals surface area contributed by atoms with Crippen LogP contribution in [-0.4, -0.2) is 16.7 Å². The zero-order chi connectivity index (χ0) is 17.8. The Morgan fingerprint density at radius 3 is 2.50 bits per heavy atom. The zero-order valence-electron chi connectivity index (χ0n) is 15.0. The molecule has 0 aliphatic heterocycles. The second kappa shape index (κ2) is 7.88. The van der Waals surface area contributed by atoms with Gasteiger partial charge in [-0.15, -0.1) is 0 Å². The molecule has 1 fully saturated rings. The molecule has 3 aromatic rings. The van der Waals surface area contributed by atoms with Crippen LogP contribution >= 0.6 is 0 Å². The first-order valence-electron chi connectivity index (χ1n) is 9.52. The average molecular weight is 347 g/mol. The lowest BCUT2D eigenvalue weighted by Crippen LogP contribution is -2.13. The van der Waals surface area contributed by atoms with Crippen molar-refractivity contribution in [2.75, 3.05) is 6.61 Å². The fourth-order valence-corrected chi connectivity index (χ4v) is 4.04. The van der Waals surface area contributed by atoms with Crippen LogP contribution in [0.25, 0.3) is 10.9 Å². The molecule has 4 rings (SSSR count). The molecule has 1 saturated carbocycles. The molecule has 0 radical (unpaired) electrons. The van der Waals surface area contributed by atoms with Crippen molar-refractivity contribution in [2.24, 2.45) is 5.92 Å². The number of benzene rings is 2. The van der Waals surface area contributed by atoms with E-state index >= 15 is 0 Å². The molecule has 3 nitrogen and oxygen atoms in total. The van der Waals surface area contributed by atoms with Gasteiger partial charge < -0.3 is 9.84 Å². The highest BCUT2D eigenvalue weighted by molar-refractivity contribution is 5.78. The lowest BCUT2D eigenvalue weighted by atomic mass is 9.85. The van der Waals surface area contributed by atoms with Crippen LogP contribution < -0.4 is 4.74 Å². The third kappa shape index (κ3) is 3.73. The second-order valence-electron chi connectivity index (χ2n) is 7.19. The van der Waals surface area contributed by atoms with Crippen LogP contribution in [0, 0.1) is 5.92 Å². The highest BCUT2D eigenvalue weighted by Gasteiger charge is 2.25. The number of hydrogen-bond donors (Lipinski definition) is 1. The van der Waals surface area contributed by atoms with Crippen LogP contribution in [0.2, 0.25) is 0 Å². The normalized spacial score (nSPS) is 16.0. The summed E-state index contributed by atoms with van der Waals surface area (Å²) < 4.78 is 5.91. The maximum absolute atomic E-state index is 9.81. The summed E-state index contributed by atoms with van der Waals surface area (Å²) in [7, 11) is 0. The first-order valence-corrected chi connectivity index (χ1v) is 9.52. The van der Waals surface area contributed by atoms with E-state index in [0.29, 0.717) is 12.5 Å². The van der Waals surface area contributed by atoms with Crippen LogP contribution in [0.5, 0.6) is 5.75 Å². The van der Waals surface area contributed by atoms with Crippen molar-refractivity contribution in [3.63, 3.8) is 0 Å². The molecule has 0 saturated heterocycles. The molecule has 1 aliphatic carbocycles. The Labute approximate surface area is 154 Å². The van der Waals surface area contributed by atoms with E-state index in [4.69, 9.17) is 4.74 Å². The van der Waals surface area contributed by atoms with Gasteiger partial charge in [-0.3, -0.25) is 0 Å². The van der Waals surface area contributed by atoms with Gasteiger partial charge in [-0.05, 0) is 48.6 Å². The van der Waals surface area contributed by atoms with Crippen molar-refractivity contribution >= 4 is 10.9 Å². The van der Waals surface area contributed by atoms with Gasteiger partial charge in [-0.2, -0.15) is 0 Å². The molecule has 1 heterocycles. The van der Waals surface area contributed by atoms with E-state index in [-0.39, 0.29) is 12.5 Å². The maximum atomic E-state index is 9.81. The van der Waals surface area contributed by atoms with Crippen LogP contribution in [0.4, 0.5) is 0 Å². The first kappa shape index (κ1) is 17.0. The topological polar surface area (TPSA) is 42.4 Å². The van der Waals surface area contributed by atoms with Crippen LogP contribution in [-0.2, 0) is 6.61 Å². The van der Waals surface area contributed by atoms with Gasteiger partial charge in [0.25, 0.3) is 0 Å². The van der Waals surface area contributed by atoms with E-state index in [9.17, 15) is 5.11 Å². The lowest BCUT2D eigenvalue weighted by Gasteiger charge is -2.21. The minimum absolute atomic E-state index is 0.228. The van der Waals surface area contributed by atoms with Crippen molar-refractivity contribution in [3.05, 3.63) is 71.9 Å². The second-order valence-corrected chi connectivity index (χ2v) is 7.19. The summed E-state index contributed by atoms with van der Waals surface area (Å²) in [5.41, 5.74) is 3.13. The summed E-state index contributed by atoms with van der Waals surface area (Å²) in [5, 5.41) is 10.9. The average Bonchev–Trinajstić information content (AvgIpc) is 3.22. The van der Waals surface area contributed by atoms with Gasteiger partial charge in [0, 0.05) is 11.3 Å². The Kier molecular flexibility index (Phi) is 5.16. The van der Waals surface area contributed by atoms with Gasteiger partial charge in [0.2, 0.25) is 0 Å². The van der Waals surface area contributed by atoms with E-state index < -0.39 is 0 Å². The number of aromatic nitrogens is 1. The highest BCUT2D eigenvalue weighted by Crippen LogP contribution is 2.37. The number of aliphatic hydroxyl groups is 1. The van der Waals surface area contributed by atoms with Crippen LogP contribution in [0.1, 0.15) is 42.9 Å². The molecule has 0 spiro atoms. The summed E-state index contributed by atoms with van der Waals surface area (Å²) in [6, 6.07) is 20.4. The SMILES string of the molecule is OCC(c1ccc(OCc2ccc3ccccc3n2)cc1)C1CCCC1. The molecule has 1 N–H and O–H groups in total. The fraction of sp³-hybridized carbons (Fsp3) is 0.348. The zero-order valence-corrected chi connectivity index (χ0v) is 15.0. The lowest BCUT2D eigenvalue weighted by molar-refractivity contribution is 0.225. The van der Waals surface area contributed by atoms with Crippen LogP contribution in [0.15, 0.2) is 60.7 Å². The predicted octanol–water partition coefficient (Wildman–Crippen LogP) is 5.08. The first-order chi connectivity index (χ1) is 12.8. The number of aliphatic hydroxyl groups excluding tert-OH is 1. The molecule has 3 heteroatoms. The van der Waals surface area contributed by atoms with E-state index in [1.807, 2.05) is 36.4 Å². The number of ether oxygens (including phenoxy) is 1. The van der Waals surface area contributed by atoms with Gasteiger partial charge in [0.1, 0.15) is 12.4 Å². The smallest absolute Gasteiger partial charge is 0.130 e. The number of nitrogens with zero attached hydrogens (tertiary/aromatic N) is 1. The van der Waals surface area contributed by atoms with E-state index in [1.54, 1.807) is 0 Å². The molecule has 2 aromatic carbocycles. The van der Waals surface area contributed by atoms with Gasteiger partial charge in [-0.25, -0.2) is 4.98 Å². The number of para-hydroxylation sites is 1. The Balaban J connectivity index is 1.41. The van der Waals surface area contributed by atoms with E-state index in [0.717, 1.165) is 22.3 Å². The van der Waals surface area contributed by atoms with Crippen molar-refractivity contribution in [1.82, 2.24) is 4.98 Å². The summed E-state index contributed by atoms with van der Waals surface area (Å²) >= 11 is 0. The molecular weight excluding hydrogens is 322 g/mol. The summed E-state index contributed by atoms with van der Waals surface area (Å²) in [4.78, 5) is 4.64. The minimum Gasteiger partial charge on any atom is -0.487 e. The monoisotopic (exact) mass is 347 g/mol. The number of rotatable bonds is 6. The Morgan fingerprint density at radius 1 is 0.962 bits per heavy atom.